The fraction of sp³-hybridized carbons (Fsp3) is 0.421. The number of rotatable bonds is 5. The Morgan fingerprint density at radius 2 is 1.78 bits per heavy atom. The van der Waals surface area contributed by atoms with Crippen LogP contribution in [0.5, 0.6) is 0 Å². The zero-order valence-corrected chi connectivity index (χ0v) is 17.7. The molecule has 0 aliphatic heterocycles. The van der Waals surface area contributed by atoms with Gasteiger partial charge in [-0.3, -0.25) is 9.10 Å². The molecule has 0 spiro atoms. The topological polar surface area (TPSA) is 66.5 Å². The number of hydrogen-bond acceptors (Lipinski definition) is 4. The predicted molar refractivity (Wildman–Crippen MR) is 110 cm³/mol. The van der Waals surface area contributed by atoms with Crippen molar-refractivity contribution >= 4 is 44.6 Å². The highest BCUT2D eigenvalue weighted by molar-refractivity contribution is 7.93. The number of hydrogen-bond donors (Lipinski definition) is 1. The number of carbonyl (C=O) groups excluding carboxylic acids is 1. The van der Waals surface area contributed by atoms with Gasteiger partial charge in [-0.25, -0.2) is 8.42 Å². The van der Waals surface area contributed by atoms with Crippen molar-refractivity contribution < 1.29 is 13.2 Å². The number of benzene rings is 1. The molecule has 8 heteroatoms. The molecule has 1 N–H and O–H groups in total. The Bertz CT molecular complexity index is 901. The number of halogens is 1. The van der Waals surface area contributed by atoms with Gasteiger partial charge in [-0.15, -0.1) is 11.3 Å². The molecule has 1 fully saturated rings. The summed E-state index contributed by atoms with van der Waals surface area (Å²) in [5, 5.41) is 5.18. The van der Waals surface area contributed by atoms with Crippen LogP contribution < -0.4 is 9.62 Å². The third-order valence-electron chi connectivity index (χ3n) is 5.02. The lowest BCUT2D eigenvalue weighted by molar-refractivity contribution is 0.0924. The van der Waals surface area contributed by atoms with E-state index in [1.54, 1.807) is 29.6 Å². The molecule has 0 saturated heterocycles. The van der Waals surface area contributed by atoms with Gasteiger partial charge in [0.2, 0.25) is 0 Å². The molecular formula is C19H23ClN2O3S2. The van der Waals surface area contributed by atoms with Crippen LogP contribution in [0.2, 0.25) is 5.02 Å². The lowest BCUT2D eigenvalue weighted by Crippen LogP contribution is -2.38. The first-order chi connectivity index (χ1) is 12.8. The van der Waals surface area contributed by atoms with Gasteiger partial charge in [0.25, 0.3) is 15.9 Å². The second-order valence-corrected chi connectivity index (χ2v) is 10.3. The number of sulfonamides is 1. The molecule has 1 aliphatic rings. The molecule has 5 nitrogen and oxygen atoms in total. The van der Waals surface area contributed by atoms with E-state index in [4.69, 9.17) is 11.6 Å². The summed E-state index contributed by atoms with van der Waals surface area (Å²) in [7, 11) is -2.37. The Morgan fingerprint density at radius 1 is 1.15 bits per heavy atom. The van der Waals surface area contributed by atoms with Gasteiger partial charge < -0.3 is 5.32 Å². The third-order valence-corrected chi connectivity index (χ3v) is 8.14. The van der Waals surface area contributed by atoms with Crippen molar-refractivity contribution in [3.05, 3.63) is 45.6 Å². The normalized spacial score (nSPS) is 20.3. The highest BCUT2D eigenvalue weighted by Gasteiger charge is 2.29. The quantitative estimate of drug-likeness (QED) is 0.763. The van der Waals surface area contributed by atoms with Crippen LogP contribution in [-0.4, -0.2) is 27.4 Å². The van der Waals surface area contributed by atoms with Gasteiger partial charge in [0.15, 0.2) is 0 Å². The molecule has 0 atom stereocenters. The van der Waals surface area contributed by atoms with Crippen molar-refractivity contribution in [2.24, 2.45) is 5.92 Å². The van der Waals surface area contributed by atoms with Crippen LogP contribution in [0.15, 0.2) is 40.6 Å². The summed E-state index contributed by atoms with van der Waals surface area (Å²) in [5.74, 6) is 0.372. The summed E-state index contributed by atoms with van der Waals surface area (Å²) in [6, 6.07) is 8.14. The summed E-state index contributed by atoms with van der Waals surface area (Å²) in [5.41, 5.74) is 0.484. The largest absolute Gasteiger partial charge is 0.349 e. The van der Waals surface area contributed by atoms with E-state index in [2.05, 4.69) is 12.2 Å². The van der Waals surface area contributed by atoms with Gasteiger partial charge in [-0.1, -0.05) is 18.5 Å². The molecule has 1 heterocycles. The van der Waals surface area contributed by atoms with Crippen LogP contribution in [-0.2, 0) is 10.0 Å². The molecule has 2 aromatic rings. The molecule has 3 rings (SSSR count). The predicted octanol–water partition coefficient (Wildman–Crippen LogP) is 4.54. The molecule has 1 saturated carbocycles. The standard InChI is InChI=1S/C19H23ClN2O3S2/c1-13-3-7-15(8-4-13)21-19(23)18-17(11-12-26-18)27(24,25)22(2)16-9-5-14(20)6-10-16/h5-6,9-13,15H,3-4,7-8H2,1-2H3,(H,21,23). The number of carbonyl (C=O) groups is 1. The minimum absolute atomic E-state index is 0.0339. The zero-order chi connectivity index (χ0) is 19.6. The second-order valence-electron chi connectivity index (χ2n) is 6.99. The molecule has 0 unspecified atom stereocenters. The molecule has 1 aromatic carbocycles. The minimum atomic E-state index is -3.85. The van der Waals surface area contributed by atoms with Crippen molar-refractivity contribution in [2.45, 2.75) is 43.5 Å². The summed E-state index contributed by atoms with van der Waals surface area (Å²) in [6.07, 6.45) is 4.04. The summed E-state index contributed by atoms with van der Waals surface area (Å²) in [4.78, 5) is 13.0. The van der Waals surface area contributed by atoms with Gasteiger partial charge in [-0.2, -0.15) is 0 Å². The van der Waals surface area contributed by atoms with Crippen LogP contribution in [0.1, 0.15) is 42.3 Å². The third kappa shape index (κ3) is 4.47. The van der Waals surface area contributed by atoms with Gasteiger partial charge in [0.05, 0.1) is 5.69 Å². The van der Waals surface area contributed by atoms with Crippen LogP contribution in [0.3, 0.4) is 0 Å². The Kier molecular flexibility index (Phi) is 6.13. The fourth-order valence-corrected chi connectivity index (χ4v) is 5.88. The lowest BCUT2D eigenvalue weighted by Gasteiger charge is -2.27. The first kappa shape index (κ1) is 20.2. The van der Waals surface area contributed by atoms with Crippen LogP contribution in [0, 0.1) is 5.92 Å². The molecule has 27 heavy (non-hydrogen) atoms. The smallest absolute Gasteiger partial charge is 0.265 e. The van der Waals surface area contributed by atoms with E-state index in [1.165, 1.54) is 17.4 Å². The highest BCUT2D eigenvalue weighted by atomic mass is 35.5. The molecule has 1 amide bonds. The number of nitrogens with one attached hydrogen (secondary N) is 1. The van der Waals surface area contributed by atoms with Crippen LogP contribution in [0.25, 0.3) is 0 Å². The highest BCUT2D eigenvalue weighted by Crippen LogP contribution is 2.29. The second kappa shape index (κ2) is 8.20. The molecular weight excluding hydrogens is 404 g/mol. The monoisotopic (exact) mass is 426 g/mol. The van der Waals surface area contributed by atoms with Crippen LogP contribution >= 0.6 is 22.9 Å². The fourth-order valence-electron chi connectivity index (χ4n) is 3.26. The average Bonchev–Trinajstić information content (AvgIpc) is 3.14. The Morgan fingerprint density at radius 3 is 2.41 bits per heavy atom. The number of anilines is 1. The van der Waals surface area contributed by atoms with E-state index in [0.29, 0.717) is 16.6 Å². The molecule has 0 bridgehead atoms. The first-order valence-electron chi connectivity index (χ1n) is 8.92. The Labute approximate surface area is 169 Å². The lowest BCUT2D eigenvalue weighted by atomic mass is 9.87. The van der Waals surface area contributed by atoms with E-state index >= 15 is 0 Å². The molecule has 146 valence electrons. The van der Waals surface area contributed by atoms with Crippen molar-refractivity contribution in [1.82, 2.24) is 5.32 Å². The maximum atomic E-state index is 13.1. The van der Waals surface area contributed by atoms with Gasteiger partial charge in [0.1, 0.15) is 9.77 Å². The first-order valence-corrected chi connectivity index (χ1v) is 11.6. The van der Waals surface area contributed by atoms with Crippen LogP contribution in [0.4, 0.5) is 5.69 Å². The van der Waals surface area contributed by atoms with Crippen molar-refractivity contribution in [1.29, 1.82) is 0 Å². The number of thiophene rings is 1. The van der Waals surface area contributed by atoms with Crippen molar-refractivity contribution in [3.63, 3.8) is 0 Å². The van der Waals surface area contributed by atoms with E-state index in [1.807, 2.05) is 0 Å². The van der Waals surface area contributed by atoms with Crippen molar-refractivity contribution in [2.75, 3.05) is 11.4 Å². The summed E-state index contributed by atoms with van der Waals surface area (Å²) >= 11 is 7.03. The minimum Gasteiger partial charge on any atom is -0.349 e. The number of amides is 1. The van der Waals surface area contributed by atoms with E-state index in [-0.39, 0.29) is 21.7 Å². The van der Waals surface area contributed by atoms with Crippen molar-refractivity contribution in [3.8, 4) is 0 Å². The summed E-state index contributed by atoms with van der Waals surface area (Å²) in [6.45, 7) is 2.22. The molecule has 0 radical (unpaired) electrons. The van der Waals surface area contributed by atoms with E-state index in [0.717, 1.165) is 37.0 Å². The van der Waals surface area contributed by atoms with Gasteiger partial charge >= 0.3 is 0 Å². The molecule has 1 aromatic heterocycles. The van der Waals surface area contributed by atoms with E-state index < -0.39 is 10.0 Å². The van der Waals surface area contributed by atoms with Gasteiger partial charge in [-0.05, 0) is 67.3 Å². The van der Waals surface area contributed by atoms with E-state index in [9.17, 15) is 13.2 Å². The number of nitrogens with zero attached hydrogens (tertiary/aromatic N) is 1. The van der Waals surface area contributed by atoms with Gasteiger partial charge in [0, 0.05) is 18.1 Å². The molecule has 1 aliphatic carbocycles. The zero-order valence-electron chi connectivity index (χ0n) is 15.3. The Balaban J connectivity index is 1.80. The maximum Gasteiger partial charge on any atom is 0.265 e. The summed E-state index contributed by atoms with van der Waals surface area (Å²) < 4.78 is 27.3. The Hall–Kier alpha value is -1.57. The maximum absolute atomic E-state index is 13.1. The SMILES string of the molecule is CC1CCC(NC(=O)c2sccc2S(=O)(=O)N(C)c2ccc(Cl)cc2)CC1. The average molecular weight is 427 g/mol.